The van der Waals surface area contributed by atoms with Crippen molar-refractivity contribution in [3.8, 4) is 11.5 Å². The highest BCUT2D eigenvalue weighted by Crippen LogP contribution is 2.34. The van der Waals surface area contributed by atoms with Crippen molar-refractivity contribution in [1.29, 1.82) is 0 Å². The Morgan fingerprint density at radius 2 is 1.59 bits per heavy atom. The molecule has 5 heteroatoms. The predicted molar refractivity (Wildman–Crippen MR) is 66.8 cm³/mol. The number of ether oxygens (including phenoxy) is 1. The molecule has 0 fully saturated rings. The van der Waals surface area contributed by atoms with Crippen molar-refractivity contribution in [3.05, 3.63) is 47.2 Å². The van der Waals surface area contributed by atoms with Gasteiger partial charge in [0, 0.05) is 6.07 Å². The highest BCUT2D eigenvalue weighted by Gasteiger charge is 2.07. The van der Waals surface area contributed by atoms with Crippen molar-refractivity contribution in [2.45, 2.75) is 0 Å². The Hall–Kier alpha value is -1.94. The van der Waals surface area contributed by atoms with E-state index in [1.807, 2.05) is 0 Å². The molecule has 2 aromatic rings. The van der Waals surface area contributed by atoms with E-state index in [0.29, 0.717) is 27.9 Å². The van der Waals surface area contributed by atoms with Gasteiger partial charge in [-0.2, -0.15) is 0 Å². The normalized spacial score (nSPS) is 10.2. The molecule has 0 aliphatic heterocycles. The zero-order valence-electron chi connectivity index (χ0n) is 8.78. The predicted octanol–water partition coefficient (Wildman–Crippen LogP) is 3.44. The fourth-order valence-corrected chi connectivity index (χ4v) is 1.50. The van der Waals surface area contributed by atoms with Crippen molar-refractivity contribution >= 4 is 23.0 Å². The summed E-state index contributed by atoms with van der Waals surface area (Å²) < 4.78 is 18.2. The standard InChI is InChI=1S/C12H10ClFN2O/c13-9-5-10(15)11(16)6-12(9)17-8-3-1-7(14)2-4-8/h1-6H,15-16H2. The maximum absolute atomic E-state index is 12.7. The van der Waals surface area contributed by atoms with Crippen molar-refractivity contribution < 1.29 is 9.13 Å². The minimum absolute atomic E-state index is 0.333. The van der Waals surface area contributed by atoms with Gasteiger partial charge in [-0.05, 0) is 30.3 Å². The van der Waals surface area contributed by atoms with Gasteiger partial charge in [0.05, 0.1) is 16.4 Å². The van der Waals surface area contributed by atoms with Gasteiger partial charge in [-0.1, -0.05) is 11.6 Å². The molecule has 0 heterocycles. The molecular weight excluding hydrogens is 243 g/mol. The molecule has 0 unspecified atom stereocenters. The third kappa shape index (κ3) is 2.60. The van der Waals surface area contributed by atoms with Gasteiger partial charge >= 0.3 is 0 Å². The Balaban J connectivity index is 2.30. The molecule has 0 amide bonds. The average molecular weight is 253 g/mol. The SMILES string of the molecule is Nc1cc(Cl)c(Oc2ccc(F)cc2)cc1N. The molecule has 88 valence electrons. The number of nitrogen functional groups attached to an aromatic ring is 2. The maximum Gasteiger partial charge on any atom is 0.148 e. The first-order valence-corrected chi connectivity index (χ1v) is 5.22. The summed E-state index contributed by atoms with van der Waals surface area (Å²) in [6.45, 7) is 0. The minimum atomic E-state index is -0.333. The van der Waals surface area contributed by atoms with E-state index in [1.54, 1.807) is 0 Å². The van der Waals surface area contributed by atoms with E-state index in [0.717, 1.165) is 0 Å². The van der Waals surface area contributed by atoms with Gasteiger partial charge in [0.15, 0.2) is 0 Å². The van der Waals surface area contributed by atoms with E-state index in [4.69, 9.17) is 27.8 Å². The first-order chi connectivity index (χ1) is 8.06. The second-order valence-electron chi connectivity index (χ2n) is 3.47. The number of halogens is 2. The Labute approximate surface area is 103 Å². The lowest BCUT2D eigenvalue weighted by atomic mass is 10.2. The molecule has 0 atom stereocenters. The molecule has 0 aliphatic carbocycles. The monoisotopic (exact) mass is 252 g/mol. The summed E-state index contributed by atoms with van der Waals surface area (Å²) in [5.74, 6) is 0.516. The van der Waals surface area contributed by atoms with E-state index < -0.39 is 0 Å². The van der Waals surface area contributed by atoms with Crippen molar-refractivity contribution in [2.24, 2.45) is 0 Å². The van der Waals surface area contributed by atoms with Gasteiger partial charge in [0.2, 0.25) is 0 Å². The molecule has 17 heavy (non-hydrogen) atoms. The molecule has 0 spiro atoms. The van der Waals surface area contributed by atoms with E-state index in [2.05, 4.69) is 0 Å². The van der Waals surface area contributed by atoms with Crippen LogP contribution in [0.15, 0.2) is 36.4 Å². The first kappa shape index (κ1) is 11.5. The summed E-state index contributed by atoms with van der Waals surface area (Å²) >= 11 is 5.95. The molecule has 0 radical (unpaired) electrons. The molecule has 0 bridgehead atoms. The zero-order valence-corrected chi connectivity index (χ0v) is 9.54. The number of hydrogen-bond donors (Lipinski definition) is 2. The fraction of sp³-hybridized carbons (Fsp3) is 0. The molecular formula is C12H10ClFN2O. The lowest BCUT2D eigenvalue weighted by Gasteiger charge is -2.09. The van der Waals surface area contributed by atoms with Crippen molar-refractivity contribution in [2.75, 3.05) is 11.5 Å². The van der Waals surface area contributed by atoms with E-state index in [1.165, 1.54) is 36.4 Å². The third-order valence-corrected chi connectivity index (χ3v) is 2.47. The zero-order chi connectivity index (χ0) is 12.4. The summed E-state index contributed by atoms with van der Waals surface area (Å²) in [6, 6.07) is 8.63. The highest BCUT2D eigenvalue weighted by molar-refractivity contribution is 6.32. The largest absolute Gasteiger partial charge is 0.456 e. The van der Waals surface area contributed by atoms with Crippen LogP contribution in [0.2, 0.25) is 5.02 Å². The van der Waals surface area contributed by atoms with Crippen LogP contribution in [0.3, 0.4) is 0 Å². The summed E-state index contributed by atoms with van der Waals surface area (Å²) in [6.07, 6.45) is 0. The van der Waals surface area contributed by atoms with E-state index in [-0.39, 0.29) is 5.82 Å². The van der Waals surface area contributed by atoms with Crippen LogP contribution in [0.25, 0.3) is 0 Å². The second-order valence-corrected chi connectivity index (χ2v) is 3.87. The third-order valence-electron chi connectivity index (χ3n) is 2.18. The lowest BCUT2D eigenvalue weighted by Crippen LogP contribution is -1.95. The average Bonchev–Trinajstić information content (AvgIpc) is 2.29. The molecule has 0 aliphatic rings. The van der Waals surface area contributed by atoms with Crippen LogP contribution >= 0.6 is 11.6 Å². The van der Waals surface area contributed by atoms with Crippen LogP contribution in [-0.2, 0) is 0 Å². The number of hydrogen-bond acceptors (Lipinski definition) is 3. The quantitative estimate of drug-likeness (QED) is 0.805. The summed E-state index contributed by atoms with van der Waals surface area (Å²) in [5, 5.41) is 0.348. The first-order valence-electron chi connectivity index (χ1n) is 4.84. The van der Waals surface area contributed by atoms with Crippen LogP contribution < -0.4 is 16.2 Å². The Morgan fingerprint density at radius 1 is 1.00 bits per heavy atom. The molecule has 2 rings (SSSR count). The molecule has 3 nitrogen and oxygen atoms in total. The van der Waals surface area contributed by atoms with Crippen LogP contribution in [-0.4, -0.2) is 0 Å². The van der Waals surface area contributed by atoms with Gasteiger partial charge in [-0.3, -0.25) is 0 Å². The fourth-order valence-electron chi connectivity index (χ4n) is 1.29. The topological polar surface area (TPSA) is 61.3 Å². The van der Waals surface area contributed by atoms with Crippen LogP contribution in [0.4, 0.5) is 15.8 Å². The number of benzene rings is 2. The van der Waals surface area contributed by atoms with Crippen LogP contribution in [0, 0.1) is 5.82 Å². The molecule has 0 saturated carbocycles. The van der Waals surface area contributed by atoms with E-state index >= 15 is 0 Å². The minimum Gasteiger partial charge on any atom is -0.456 e. The number of rotatable bonds is 2. The Kier molecular flexibility index (Phi) is 3.06. The van der Waals surface area contributed by atoms with Gasteiger partial charge in [0.1, 0.15) is 17.3 Å². The van der Waals surface area contributed by atoms with Gasteiger partial charge in [-0.15, -0.1) is 0 Å². The van der Waals surface area contributed by atoms with Crippen LogP contribution in [0.5, 0.6) is 11.5 Å². The number of nitrogens with two attached hydrogens (primary N) is 2. The Morgan fingerprint density at radius 3 is 2.24 bits per heavy atom. The summed E-state index contributed by atoms with van der Waals surface area (Å²) in [7, 11) is 0. The molecule has 0 saturated heterocycles. The molecule has 4 N–H and O–H groups in total. The van der Waals surface area contributed by atoms with Crippen molar-refractivity contribution in [3.63, 3.8) is 0 Å². The smallest absolute Gasteiger partial charge is 0.148 e. The van der Waals surface area contributed by atoms with Gasteiger partial charge < -0.3 is 16.2 Å². The Bertz CT molecular complexity index is 543. The highest BCUT2D eigenvalue weighted by atomic mass is 35.5. The summed E-state index contributed by atoms with van der Waals surface area (Å²) in [5.41, 5.74) is 12.0. The van der Waals surface area contributed by atoms with Crippen LogP contribution in [0.1, 0.15) is 0 Å². The summed E-state index contributed by atoms with van der Waals surface area (Å²) in [4.78, 5) is 0. The lowest BCUT2D eigenvalue weighted by molar-refractivity contribution is 0.481. The van der Waals surface area contributed by atoms with Gasteiger partial charge in [-0.25, -0.2) is 4.39 Å². The van der Waals surface area contributed by atoms with Gasteiger partial charge in [0.25, 0.3) is 0 Å². The number of anilines is 2. The molecule has 0 aromatic heterocycles. The maximum atomic E-state index is 12.7. The molecule has 2 aromatic carbocycles. The van der Waals surface area contributed by atoms with E-state index in [9.17, 15) is 4.39 Å². The second kappa shape index (κ2) is 4.51. The van der Waals surface area contributed by atoms with Crippen molar-refractivity contribution in [1.82, 2.24) is 0 Å².